The quantitative estimate of drug-likeness (QED) is 0.571. The molecule has 0 bridgehead atoms. The molecule has 0 saturated carbocycles. The second-order valence-electron chi connectivity index (χ2n) is 1.81. The van der Waals surface area contributed by atoms with E-state index in [2.05, 4.69) is 4.98 Å². The van der Waals surface area contributed by atoms with E-state index in [0.717, 1.165) is 0 Å². The maximum Gasteiger partial charge on any atom is 0.280 e. The summed E-state index contributed by atoms with van der Waals surface area (Å²) in [6.07, 6.45) is -2.53. The Labute approximate surface area is 80.9 Å². The van der Waals surface area contributed by atoms with Crippen LogP contribution < -0.4 is 0 Å². The fourth-order valence-corrected chi connectivity index (χ4v) is 1.12. The summed E-state index contributed by atoms with van der Waals surface area (Å²) >= 11 is 7.38. The lowest BCUT2D eigenvalue weighted by Crippen LogP contribution is -1.91. The van der Waals surface area contributed by atoms with Gasteiger partial charge in [-0.2, -0.15) is 0 Å². The van der Waals surface area contributed by atoms with E-state index in [1.165, 1.54) is 12.1 Å². The normalized spacial score (nSPS) is 10.6. The molecule has 1 nitrogen and oxygen atoms in total. The van der Waals surface area contributed by atoms with E-state index in [-0.39, 0.29) is 5.69 Å². The molecule has 0 N–H and O–H groups in total. The van der Waals surface area contributed by atoms with Crippen molar-refractivity contribution in [3.8, 4) is 0 Å². The Morgan fingerprint density at radius 2 is 2.09 bits per heavy atom. The van der Waals surface area contributed by atoms with Crippen molar-refractivity contribution in [2.45, 2.75) is 6.43 Å². The van der Waals surface area contributed by atoms with Crippen LogP contribution in [0.5, 0.6) is 0 Å². The van der Waals surface area contributed by atoms with E-state index < -0.39 is 6.43 Å². The van der Waals surface area contributed by atoms with Crippen molar-refractivity contribution in [3.05, 3.63) is 26.5 Å². The number of hydrogen-bond acceptors (Lipinski definition) is 1. The Morgan fingerprint density at radius 1 is 1.45 bits per heavy atom. The van der Waals surface area contributed by atoms with Crippen molar-refractivity contribution < 1.29 is 8.78 Å². The van der Waals surface area contributed by atoms with Crippen LogP contribution in [0.15, 0.2) is 12.1 Å². The molecule has 0 radical (unpaired) electrons. The predicted octanol–water partition coefficient (Wildman–Crippen LogP) is 3.28. The standard InChI is InChI=1S/C6H3ClF2IN/c7-3-1-2-4(5(8)9)11-6(3)10/h1-2,5H. The molecule has 0 aromatic carbocycles. The third-order valence-corrected chi connectivity index (χ3v) is 2.49. The molecule has 1 aromatic heterocycles. The highest BCUT2D eigenvalue weighted by atomic mass is 127. The molecule has 1 aromatic rings. The first kappa shape index (κ1) is 9.12. The SMILES string of the molecule is FC(F)c1ccc(Cl)c(I)n1. The number of hydrogen-bond donors (Lipinski definition) is 0. The van der Waals surface area contributed by atoms with Crippen LogP contribution in [0.25, 0.3) is 0 Å². The maximum absolute atomic E-state index is 12.0. The maximum atomic E-state index is 12.0. The smallest absolute Gasteiger partial charge is 0.239 e. The van der Waals surface area contributed by atoms with Gasteiger partial charge in [-0.15, -0.1) is 0 Å². The van der Waals surface area contributed by atoms with Crippen molar-refractivity contribution in [2.24, 2.45) is 0 Å². The van der Waals surface area contributed by atoms with Crippen molar-refractivity contribution in [3.63, 3.8) is 0 Å². The Kier molecular flexibility index (Phi) is 3.00. The molecule has 1 rings (SSSR count). The molecular weight excluding hydrogens is 286 g/mol. The van der Waals surface area contributed by atoms with Crippen molar-refractivity contribution in [1.82, 2.24) is 4.98 Å². The molecular formula is C6H3ClF2IN. The predicted molar refractivity (Wildman–Crippen MR) is 46.9 cm³/mol. The van der Waals surface area contributed by atoms with Gasteiger partial charge in [-0.1, -0.05) is 11.6 Å². The van der Waals surface area contributed by atoms with Gasteiger partial charge < -0.3 is 0 Å². The number of alkyl halides is 2. The highest BCUT2D eigenvalue weighted by molar-refractivity contribution is 14.1. The van der Waals surface area contributed by atoms with Crippen LogP contribution in [0.3, 0.4) is 0 Å². The topological polar surface area (TPSA) is 12.9 Å². The minimum atomic E-state index is -2.53. The van der Waals surface area contributed by atoms with E-state index in [4.69, 9.17) is 11.6 Å². The van der Waals surface area contributed by atoms with E-state index in [1.807, 2.05) is 0 Å². The molecule has 0 fully saturated rings. The molecule has 5 heteroatoms. The minimum absolute atomic E-state index is 0.237. The van der Waals surface area contributed by atoms with Gasteiger partial charge in [-0.3, -0.25) is 0 Å². The molecule has 0 aliphatic carbocycles. The molecule has 0 atom stereocenters. The Bertz CT molecular complexity index is 267. The number of rotatable bonds is 1. The Balaban J connectivity index is 3.05. The van der Waals surface area contributed by atoms with Gasteiger partial charge in [0.05, 0.1) is 5.02 Å². The van der Waals surface area contributed by atoms with Crippen molar-refractivity contribution >= 4 is 34.2 Å². The largest absolute Gasteiger partial charge is 0.280 e. The fourth-order valence-electron chi connectivity index (χ4n) is 0.553. The van der Waals surface area contributed by atoms with Crippen LogP contribution in [0, 0.1) is 3.70 Å². The molecule has 11 heavy (non-hydrogen) atoms. The van der Waals surface area contributed by atoms with Gasteiger partial charge in [0.15, 0.2) is 0 Å². The summed E-state index contributed by atoms with van der Waals surface area (Å²) in [5.41, 5.74) is -0.237. The van der Waals surface area contributed by atoms with Gasteiger partial charge >= 0.3 is 0 Å². The van der Waals surface area contributed by atoms with E-state index >= 15 is 0 Å². The zero-order chi connectivity index (χ0) is 8.43. The summed E-state index contributed by atoms with van der Waals surface area (Å²) in [6.45, 7) is 0. The van der Waals surface area contributed by atoms with Crippen LogP contribution in [-0.2, 0) is 0 Å². The van der Waals surface area contributed by atoms with Gasteiger partial charge in [-0.25, -0.2) is 13.8 Å². The van der Waals surface area contributed by atoms with Crippen LogP contribution in [0.1, 0.15) is 12.1 Å². The van der Waals surface area contributed by atoms with Gasteiger partial charge in [0.25, 0.3) is 6.43 Å². The highest BCUT2D eigenvalue weighted by Crippen LogP contribution is 2.21. The lowest BCUT2D eigenvalue weighted by molar-refractivity contribution is 0.146. The number of aromatic nitrogens is 1. The minimum Gasteiger partial charge on any atom is -0.239 e. The van der Waals surface area contributed by atoms with Crippen LogP contribution in [-0.4, -0.2) is 4.98 Å². The zero-order valence-corrected chi connectivity index (χ0v) is 8.10. The molecule has 0 aliphatic rings. The molecule has 0 saturated heterocycles. The Hall–Kier alpha value is 0.0300. The summed E-state index contributed by atoms with van der Waals surface area (Å²) in [5, 5.41) is 0.398. The first-order valence-corrected chi connectivity index (χ1v) is 4.17. The summed E-state index contributed by atoms with van der Waals surface area (Å²) < 4.78 is 24.3. The monoisotopic (exact) mass is 289 g/mol. The average Bonchev–Trinajstić information content (AvgIpc) is 1.94. The molecule has 0 aliphatic heterocycles. The fraction of sp³-hybridized carbons (Fsp3) is 0.167. The van der Waals surface area contributed by atoms with E-state index in [9.17, 15) is 8.78 Å². The third kappa shape index (κ3) is 2.23. The first-order chi connectivity index (χ1) is 5.11. The number of halogens is 4. The van der Waals surface area contributed by atoms with E-state index in [1.54, 1.807) is 22.6 Å². The third-order valence-electron chi connectivity index (χ3n) is 1.05. The Morgan fingerprint density at radius 3 is 2.55 bits per heavy atom. The lowest BCUT2D eigenvalue weighted by atomic mass is 10.4. The van der Waals surface area contributed by atoms with Gasteiger partial charge in [0.1, 0.15) is 9.39 Å². The molecule has 0 spiro atoms. The van der Waals surface area contributed by atoms with Crippen molar-refractivity contribution in [2.75, 3.05) is 0 Å². The number of nitrogens with zero attached hydrogens (tertiary/aromatic N) is 1. The molecule has 0 amide bonds. The summed E-state index contributed by atoms with van der Waals surface area (Å²) in [4.78, 5) is 3.58. The summed E-state index contributed by atoms with van der Waals surface area (Å²) in [7, 11) is 0. The van der Waals surface area contributed by atoms with Crippen LogP contribution in [0.4, 0.5) is 8.78 Å². The first-order valence-electron chi connectivity index (χ1n) is 2.71. The number of pyridine rings is 1. The second kappa shape index (κ2) is 3.62. The van der Waals surface area contributed by atoms with Gasteiger partial charge in [0, 0.05) is 0 Å². The lowest BCUT2D eigenvalue weighted by Gasteiger charge is -1.99. The van der Waals surface area contributed by atoms with Crippen LogP contribution >= 0.6 is 34.2 Å². The van der Waals surface area contributed by atoms with Gasteiger partial charge in [-0.05, 0) is 34.7 Å². The van der Waals surface area contributed by atoms with Crippen LogP contribution in [0.2, 0.25) is 5.02 Å². The summed E-state index contributed by atoms with van der Waals surface area (Å²) in [5.74, 6) is 0. The van der Waals surface area contributed by atoms with Gasteiger partial charge in [0.2, 0.25) is 0 Å². The molecule has 0 unspecified atom stereocenters. The molecule has 1 heterocycles. The van der Waals surface area contributed by atoms with Crippen molar-refractivity contribution in [1.29, 1.82) is 0 Å². The van der Waals surface area contributed by atoms with E-state index in [0.29, 0.717) is 8.72 Å². The molecule has 60 valence electrons. The summed E-state index contributed by atoms with van der Waals surface area (Å²) in [6, 6.07) is 2.63. The zero-order valence-electron chi connectivity index (χ0n) is 5.19. The highest BCUT2D eigenvalue weighted by Gasteiger charge is 2.09. The average molecular weight is 289 g/mol. The second-order valence-corrected chi connectivity index (χ2v) is 3.24.